The number of hydrogen-bond donors (Lipinski definition) is 3. The van der Waals surface area contributed by atoms with Crippen molar-refractivity contribution >= 4 is 17.5 Å². The van der Waals surface area contributed by atoms with Crippen LogP contribution in [0.5, 0.6) is 0 Å². The van der Waals surface area contributed by atoms with Gasteiger partial charge in [0.2, 0.25) is 11.8 Å². The quantitative estimate of drug-likeness (QED) is 0.688. The van der Waals surface area contributed by atoms with Crippen LogP contribution in [-0.2, 0) is 16.0 Å². The van der Waals surface area contributed by atoms with Crippen molar-refractivity contribution in [3.63, 3.8) is 0 Å². The fourth-order valence-corrected chi connectivity index (χ4v) is 1.59. The van der Waals surface area contributed by atoms with E-state index in [1.54, 1.807) is 31.2 Å². The Hall–Kier alpha value is -2.04. The van der Waals surface area contributed by atoms with Crippen molar-refractivity contribution in [3.05, 3.63) is 29.8 Å². The van der Waals surface area contributed by atoms with E-state index in [0.717, 1.165) is 5.56 Å². The van der Waals surface area contributed by atoms with Gasteiger partial charge in [-0.2, -0.15) is 0 Å². The van der Waals surface area contributed by atoms with E-state index in [4.69, 9.17) is 5.73 Å². The van der Waals surface area contributed by atoms with Gasteiger partial charge in [0.25, 0.3) is 0 Å². The van der Waals surface area contributed by atoms with Crippen molar-refractivity contribution in [3.8, 4) is 0 Å². The van der Waals surface area contributed by atoms with Gasteiger partial charge in [-0.15, -0.1) is 0 Å². The second-order valence-corrected chi connectivity index (χ2v) is 4.87. The molecule has 1 atom stereocenters. The molecule has 0 heterocycles. The second kappa shape index (κ2) is 6.78. The van der Waals surface area contributed by atoms with E-state index in [2.05, 4.69) is 10.6 Å². The molecule has 5 heteroatoms. The lowest BCUT2D eigenvalue weighted by Gasteiger charge is -2.16. The van der Waals surface area contributed by atoms with Crippen molar-refractivity contribution in [1.82, 2.24) is 10.6 Å². The minimum atomic E-state index is -0.538. The van der Waals surface area contributed by atoms with E-state index in [-0.39, 0.29) is 24.3 Å². The zero-order valence-corrected chi connectivity index (χ0v) is 11.6. The minimum absolute atomic E-state index is 0.0592. The first-order valence-corrected chi connectivity index (χ1v) is 6.32. The van der Waals surface area contributed by atoms with Crippen LogP contribution in [0.3, 0.4) is 0 Å². The highest BCUT2D eigenvalue weighted by Crippen LogP contribution is 2.06. The first kappa shape index (κ1) is 15.0. The van der Waals surface area contributed by atoms with Gasteiger partial charge in [-0.1, -0.05) is 12.1 Å². The number of nitrogens with one attached hydrogen (secondary N) is 2. The van der Waals surface area contributed by atoms with Crippen molar-refractivity contribution in [2.45, 2.75) is 39.3 Å². The maximum Gasteiger partial charge on any atom is 0.242 e. The zero-order chi connectivity index (χ0) is 14.4. The van der Waals surface area contributed by atoms with Crippen LogP contribution in [0.4, 0.5) is 5.69 Å². The topological polar surface area (TPSA) is 84.2 Å². The Labute approximate surface area is 113 Å². The Kier molecular flexibility index (Phi) is 5.36. The average Bonchev–Trinajstić information content (AvgIpc) is 2.31. The number of carbonyl (C=O) groups excluding carboxylic acids is 2. The monoisotopic (exact) mass is 263 g/mol. The smallest absolute Gasteiger partial charge is 0.242 e. The first-order chi connectivity index (χ1) is 8.88. The zero-order valence-electron chi connectivity index (χ0n) is 11.6. The first-order valence-electron chi connectivity index (χ1n) is 6.32. The van der Waals surface area contributed by atoms with E-state index in [9.17, 15) is 9.59 Å². The van der Waals surface area contributed by atoms with E-state index in [0.29, 0.717) is 5.69 Å². The summed E-state index contributed by atoms with van der Waals surface area (Å²) < 4.78 is 0. The highest BCUT2D eigenvalue weighted by Gasteiger charge is 2.16. The van der Waals surface area contributed by atoms with E-state index >= 15 is 0 Å². The molecule has 0 aliphatic heterocycles. The van der Waals surface area contributed by atoms with E-state index in [1.807, 2.05) is 13.8 Å². The Bertz CT molecular complexity index is 441. The highest BCUT2D eigenvalue weighted by atomic mass is 16.2. The molecule has 1 aromatic carbocycles. The van der Waals surface area contributed by atoms with Gasteiger partial charge in [0.1, 0.15) is 6.04 Å². The van der Waals surface area contributed by atoms with Crippen LogP contribution in [0.1, 0.15) is 26.3 Å². The van der Waals surface area contributed by atoms with Crippen LogP contribution in [0, 0.1) is 0 Å². The van der Waals surface area contributed by atoms with Crippen molar-refractivity contribution in [2.24, 2.45) is 0 Å². The molecule has 4 N–H and O–H groups in total. The number of nitrogen functional groups attached to an aromatic ring is 1. The Morgan fingerprint density at radius 1 is 1.11 bits per heavy atom. The fraction of sp³-hybridized carbons (Fsp3) is 0.429. The predicted octanol–water partition coefficient (Wildman–Crippen LogP) is 0.841. The van der Waals surface area contributed by atoms with Crippen LogP contribution in [0.25, 0.3) is 0 Å². The standard InChI is InChI=1S/C14H21N3O2/c1-9(2)16-14(19)10(3)17-13(18)8-11-4-6-12(15)7-5-11/h4-7,9-10H,8,15H2,1-3H3,(H,16,19)(H,17,18). The lowest BCUT2D eigenvalue weighted by molar-refractivity contribution is -0.128. The highest BCUT2D eigenvalue weighted by molar-refractivity contribution is 5.88. The summed E-state index contributed by atoms with van der Waals surface area (Å²) in [6.45, 7) is 5.42. The summed E-state index contributed by atoms with van der Waals surface area (Å²) >= 11 is 0. The fourth-order valence-electron chi connectivity index (χ4n) is 1.59. The third-order valence-corrected chi connectivity index (χ3v) is 2.55. The molecule has 0 fully saturated rings. The summed E-state index contributed by atoms with van der Waals surface area (Å²) in [4.78, 5) is 23.4. The third-order valence-electron chi connectivity index (χ3n) is 2.55. The number of amides is 2. The van der Waals surface area contributed by atoms with Gasteiger partial charge in [-0.25, -0.2) is 0 Å². The molecule has 0 aromatic heterocycles. The molecule has 104 valence electrons. The summed E-state index contributed by atoms with van der Waals surface area (Å²) in [5.74, 6) is -0.364. The molecule has 0 saturated heterocycles. The summed E-state index contributed by atoms with van der Waals surface area (Å²) in [6, 6.07) is 6.61. The summed E-state index contributed by atoms with van der Waals surface area (Å²) in [7, 11) is 0. The summed E-state index contributed by atoms with van der Waals surface area (Å²) in [5.41, 5.74) is 7.10. The average molecular weight is 263 g/mol. The molecule has 1 aromatic rings. The van der Waals surface area contributed by atoms with Crippen LogP contribution in [0.2, 0.25) is 0 Å². The molecule has 19 heavy (non-hydrogen) atoms. The molecule has 0 saturated carbocycles. The van der Waals surface area contributed by atoms with Crippen LogP contribution in [0.15, 0.2) is 24.3 Å². The minimum Gasteiger partial charge on any atom is -0.399 e. The summed E-state index contributed by atoms with van der Waals surface area (Å²) in [5, 5.41) is 5.41. The maximum atomic E-state index is 11.8. The Morgan fingerprint density at radius 2 is 1.68 bits per heavy atom. The molecular formula is C14H21N3O2. The molecule has 0 radical (unpaired) electrons. The van der Waals surface area contributed by atoms with Gasteiger partial charge < -0.3 is 16.4 Å². The largest absolute Gasteiger partial charge is 0.399 e. The molecule has 0 spiro atoms. The summed E-state index contributed by atoms with van der Waals surface area (Å²) in [6.07, 6.45) is 0.236. The van der Waals surface area contributed by atoms with Crippen molar-refractivity contribution in [1.29, 1.82) is 0 Å². The van der Waals surface area contributed by atoms with Crippen molar-refractivity contribution < 1.29 is 9.59 Å². The van der Waals surface area contributed by atoms with Crippen LogP contribution < -0.4 is 16.4 Å². The predicted molar refractivity (Wildman–Crippen MR) is 75.4 cm³/mol. The number of nitrogens with two attached hydrogens (primary N) is 1. The van der Waals surface area contributed by atoms with Crippen LogP contribution >= 0.6 is 0 Å². The van der Waals surface area contributed by atoms with Gasteiger partial charge in [-0.3, -0.25) is 9.59 Å². The lowest BCUT2D eigenvalue weighted by Crippen LogP contribution is -2.47. The molecule has 1 rings (SSSR count). The molecule has 0 aliphatic rings. The van der Waals surface area contributed by atoms with Gasteiger partial charge in [0, 0.05) is 11.7 Å². The number of rotatable bonds is 5. The van der Waals surface area contributed by atoms with Gasteiger partial charge in [0.05, 0.1) is 6.42 Å². The van der Waals surface area contributed by atoms with E-state index in [1.165, 1.54) is 0 Å². The number of anilines is 1. The lowest BCUT2D eigenvalue weighted by atomic mass is 10.1. The Morgan fingerprint density at radius 3 is 2.21 bits per heavy atom. The number of benzene rings is 1. The number of hydrogen-bond acceptors (Lipinski definition) is 3. The molecule has 1 unspecified atom stereocenters. The number of carbonyl (C=O) groups is 2. The van der Waals surface area contributed by atoms with Gasteiger partial charge >= 0.3 is 0 Å². The van der Waals surface area contributed by atoms with Crippen molar-refractivity contribution in [2.75, 3.05) is 5.73 Å². The van der Waals surface area contributed by atoms with Crippen LogP contribution in [-0.4, -0.2) is 23.9 Å². The SMILES string of the molecule is CC(C)NC(=O)C(C)NC(=O)Cc1ccc(N)cc1. The van der Waals surface area contributed by atoms with Gasteiger partial charge in [0.15, 0.2) is 0 Å². The Balaban J connectivity index is 2.46. The molecular weight excluding hydrogens is 242 g/mol. The van der Waals surface area contributed by atoms with Gasteiger partial charge in [-0.05, 0) is 38.5 Å². The molecule has 0 aliphatic carbocycles. The van der Waals surface area contributed by atoms with E-state index < -0.39 is 6.04 Å². The molecule has 2 amide bonds. The molecule has 5 nitrogen and oxygen atoms in total. The third kappa shape index (κ3) is 5.42. The second-order valence-electron chi connectivity index (χ2n) is 4.87. The molecule has 0 bridgehead atoms. The normalized spacial score (nSPS) is 12.0. The maximum absolute atomic E-state index is 11.8.